The minimum Gasteiger partial charge on any atom is -0.480 e. The van der Waals surface area contributed by atoms with Crippen LogP contribution in [0.1, 0.15) is 32.1 Å². The molecule has 8 heteroatoms. The molecule has 20 heavy (non-hydrogen) atoms. The second-order valence-corrected chi connectivity index (χ2v) is 4.75. The van der Waals surface area contributed by atoms with E-state index in [0.717, 1.165) is 19.3 Å². The molecule has 1 heterocycles. The molecule has 3 amide bonds. The monoisotopic (exact) mass is 285 g/mol. The number of carbonyl (C=O) groups is 4. The molecule has 0 radical (unpaired) electrons. The predicted molar refractivity (Wildman–Crippen MR) is 68.4 cm³/mol. The van der Waals surface area contributed by atoms with E-state index in [2.05, 4.69) is 5.32 Å². The minimum atomic E-state index is -1.36. The summed E-state index contributed by atoms with van der Waals surface area (Å²) in [7, 11) is 0. The van der Waals surface area contributed by atoms with E-state index in [9.17, 15) is 19.2 Å². The van der Waals surface area contributed by atoms with Gasteiger partial charge >= 0.3 is 5.97 Å². The number of likely N-dealkylation sites (tertiary alicyclic amines) is 1. The lowest BCUT2D eigenvalue weighted by atomic mass is 10.2. The highest BCUT2D eigenvalue weighted by atomic mass is 16.4. The highest BCUT2D eigenvalue weighted by Crippen LogP contribution is 2.10. The minimum absolute atomic E-state index is 0.112. The van der Waals surface area contributed by atoms with Crippen molar-refractivity contribution in [3.05, 3.63) is 0 Å². The van der Waals surface area contributed by atoms with Gasteiger partial charge in [-0.25, -0.2) is 4.79 Å². The van der Waals surface area contributed by atoms with Gasteiger partial charge in [0.15, 0.2) is 0 Å². The van der Waals surface area contributed by atoms with E-state index < -0.39 is 30.2 Å². The van der Waals surface area contributed by atoms with Crippen LogP contribution in [0, 0.1) is 0 Å². The topological polar surface area (TPSA) is 130 Å². The van der Waals surface area contributed by atoms with E-state index >= 15 is 0 Å². The van der Waals surface area contributed by atoms with Gasteiger partial charge in [-0.05, 0) is 12.8 Å². The predicted octanol–water partition coefficient (Wildman–Crippen LogP) is -1.17. The molecule has 0 unspecified atom stereocenters. The van der Waals surface area contributed by atoms with Crippen molar-refractivity contribution in [3.8, 4) is 0 Å². The Balaban J connectivity index is 2.53. The molecule has 4 N–H and O–H groups in total. The van der Waals surface area contributed by atoms with Crippen molar-refractivity contribution >= 4 is 23.7 Å². The molecule has 1 saturated heterocycles. The van der Waals surface area contributed by atoms with Crippen molar-refractivity contribution < 1.29 is 24.3 Å². The van der Waals surface area contributed by atoms with Gasteiger partial charge in [-0.2, -0.15) is 0 Å². The summed E-state index contributed by atoms with van der Waals surface area (Å²) >= 11 is 0. The van der Waals surface area contributed by atoms with Crippen LogP contribution in [0.3, 0.4) is 0 Å². The Labute approximate surface area is 116 Å². The van der Waals surface area contributed by atoms with Crippen LogP contribution in [0.25, 0.3) is 0 Å². The molecule has 0 aromatic carbocycles. The molecule has 8 nitrogen and oxygen atoms in total. The summed E-state index contributed by atoms with van der Waals surface area (Å²) in [5.41, 5.74) is 4.92. The highest BCUT2D eigenvalue weighted by molar-refractivity contribution is 5.90. The second-order valence-electron chi connectivity index (χ2n) is 4.75. The smallest absolute Gasteiger partial charge is 0.326 e. The van der Waals surface area contributed by atoms with Crippen molar-refractivity contribution in [2.24, 2.45) is 5.73 Å². The molecule has 0 aromatic heterocycles. The SMILES string of the molecule is NC(=O)C[C@H](NC(=O)CN1CCCCCC1=O)C(=O)O. The van der Waals surface area contributed by atoms with Crippen LogP contribution in [-0.4, -0.2) is 52.8 Å². The van der Waals surface area contributed by atoms with Crippen molar-refractivity contribution in [3.63, 3.8) is 0 Å². The third kappa shape index (κ3) is 5.25. The maximum absolute atomic E-state index is 11.7. The molecule has 0 spiro atoms. The van der Waals surface area contributed by atoms with E-state index in [1.54, 1.807) is 0 Å². The Morgan fingerprint density at radius 3 is 2.60 bits per heavy atom. The number of amides is 3. The first-order valence-electron chi connectivity index (χ1n) is 6.48. The van der Waals surface area contributed by atoms with Gasteiger partial charge in [0.25, 0.3) is 0 Å². The van der Waals surface area contributed by atoms with Gasteiger partial charge in [0.2, 0.25) is 17.7 Å². The van der Waals surface area contributed by atoms with Crippen LogP contribution in [0.2, 0.25) is 0 Å². The number of carbonyl (C=O) groups excluding carboxylic acids is 3. The summed E-state index contributed by atoms with van der Waals surface area (Å²) in [6.07, 6.45) is 2.48. The van der Waals surface area contributed by atoms with Gasteiger partial charge in [-0.15, -0.1) is 0 Å². The molecule has 1 fully saturated rings. The molecule has 1 rings (SSSR count). The first-order valence-corrected chi connectivity index (χ1v) is 6.48. The molecular weight excluding hydrogens is 266 g/mol. The number of carboxylic acids is 1. The zero-order valence-electron chi connectivity index (χ0n) is 11.1. The number of nitrogens with one attached hydrogen (secondary N) is 1. The Hall–Kier alpha value is -2.12. The van der Waals surface area contributed by atoms with Crippen LogP contribution in [0.5, 0.6) is 0 Å². The lowest BCUT2D eigenvalue weighted by molar-refractivity contribution is -0.144. The van der Waals surface area contributed by atoms with Crippen LogP contribution in [0.15, 0.2) is 0 Å². The summed E-state index contributed by atoms with van der Waals surface area (Å²) in [6, 6.07) is -1.36. The average Bonchev–Trinajstić information content (AvgIpc) is 2.53. The Morgan fingerprint density at radius 1 is 1.30 bits per heavy atom. The van der Waals surface area contributed by atoms with Crippen LogP contribution in [-0.2, 0) is 19.2 Å². The number of carboxylic acid groups (broad SMARTS) is 1. The molecule has 0 bridgehead atoms. The van der Waals surface area contributed by atoms with Gasteiger partial charge < -0.3 is 21.1 Å². The summed E-state index contributed by atoms with van der Waals surface area (Å²) in [6.45, 7) is 0.293. The van der Waals surface area contributed by atoms with Crippen molar-refractivity contribution in [2.45, 2.75) is 38.1 Å². The number of rotatable bonds is 6. The molecule has 1 aliphatic rings. The van der Waals surface area contributed by atoms with Crippen molar-refractivity contribution in [2.75, 3.05) is 13.1 Å². The normalized spacial score (nSPS) is 17.2. The van der Waals surface area contributed by atoms with Crippen molar-refractivity contribution in [1.29, 1.82) is 0 Å². The van der Waals surface area contributed by atoms with Gasteiger partial charge in [0.1, 0.15) is 6.04 Å². The van der Waals surface area contributed by atoms with E-state index in [-0.39, 0.29) is 12.5 Å². The zero-order chi connectivity index (χ0) is 15.1. The number of hydrogen-bond acceptors (Lipinski definition) is 4. The fourth-order valence-corrected chi connectivity index (χ4v) is 2.02. The standard InChI is InChI=1S/C12H19N3O5/c13-9(16)6-8(12(19)20)14-10(17)7-15-5-3-1-2-4-11(15)18/h8H,1-7H2,(H2,13,16)(H,14,17)(H,19,20)/t8-/m0/s1. The molecular formula is C12H19N3O5. The number of primary amides is 1. The molecule has 0 aromatic rings. The van der Waals surface area contributed by atoms with Gasteiger partial charge in [-0.3, -0.25) is 14.4 Å². The molecule has 0 saturated carbocycles. The van der Waals surface area contributed by atoms with Crippen molar-refractivity contribution in [1.82, 2.24) is 10.2 Å². The Kier molecular flexibility index (Phi) is 5.95. The highest BCUT2D eigenvalue weighted by Gasteiger charge is 2.24. The van der Waals surface area contributed by atoms with E-state index in [4.69, 9.17) is 10.8 Å². The first-order chi connectivity index (χ1) is 9.40. The Bertz CT molecular complexity index is 410. The number of nitrogens with two attached hydrogens (primary N) is 1. The van der Waals surface area contributed by atoms with Crippen LogP contribution < -0.4 is 11.1 Å². The quantitative estimate of drug-likeness (QED) is 0.566. The maximum atomic E-state index is 11.7. The van der Waals surface area contributed by atoms with Crippen LogP contribution in [0.4, 0.5) is 0 Å². The third-order valence-electron chi connectivity index (χ3n) is 3.04. The molecule has 1 atom stereocenters. The lowest BCUT2D eigenvalue weighted by Crippen LogP contribution is -2.48. The third-order valence-corrected chi connectivity index (χ3v) is 3.04. The maximum Gasteiger partial charge on any atom is 0.326 e. The van der Waals surface area contributed by atoms with E-state index in [1.807, 2.05) is 0 Å². The molecule has 112 valence electrons. The number of hydrogen-bond donors (Lipinski definition) is 3. The van der Waals surface area contributed by atoms with E-state index in [1.165, 1.54) is 4.90 Å². The summed E-state index contributed by atoms with van der Waals surface area (Å²) < 4.78 is 0. The van der Waals surface area contributed by atoms with E-state index in [0.29, 0.717) is 13.0 Å². The Morgan fingerprint density at radius 2 is 2.00 bits per heavy atom. The number of aliphatic carboxylic acids is 1. The van der Waals surface area contributed by atoms with Gasteiger partial charge in [-0.1, -0.05) is 6.42 Å². The average molecular weight is 285 g/mol. The molecule has 1 aliphatic heterocycles. The van der Waals surface area contributed by atoms with Crippen LogP contribution >= 0.6 is 0 Å². The second kappa shape index (κ2) is 7.46. The zero-order valence-corrected chi connectivity index (χ0v) is 11.1. The summed E-state index contributed by atoms with van der Waals surface area (Å²) in [5, 5.41) is 11.1. The largest absolute Gasteiger partial charge is 0.480 e. The summed E-state index contributed by atoms with van der Waals surface area (Å²) in [4.78, 5) is 46.5. The summed E-state index contributed by atoms with van der Waals surface area (Å²) in [5.74, 6) is -2.86. The fraction of sp³-hybridized carbons (Fsp3) is 0.667. The van der Waals surface area contributed by atoms with Gasteiger partial charge in [0, 0.05) is 13.0 Å². The first kappa shape index (κ1) is 15.9. The fourth-order valence-electron chi connectivity index (χ4n) is 2.02. The molecule has 0 aliphatic carbocycles. The van der Waals surface area contributed by atoms with Gasteiger partial charge in [0.05, 0.1) is 13.0 Å². The lowest BCUT2D eigenvalue weighted by Gasteiger charge is -2.21. The number of nitrogens with zero attached hydrogens (tertiary/aromatic N) is 1.